The van der Waals surface area contributed by atoms with Crippen LogP contribution >= 0.6 is 0 Å². The molecule has 7 heteroatoms. The highest BCUT2D eigenvalue weighted by atomic mass is 16.5. The molecule has 184 valence electrons. The number of methoxy groups -OCH3 is 1. The highest BCUT2D eigenvalue weighted by Crippen LogP contribution is 2.35. The normalized spacial score (nSPS) is 12.8. The molecule has 0 spiro atoms. The van der Waals surface area contributed by atoms with Crippen LogP contribution in [0.25, 0.3) is 10.9 Å². The van der Waals surface area contributed by atoms with Crippen molar-refractivity contribution >= 4 is 28.3 Å². The van der Waals surface area contributed by atoms with Crippen LogP contribution in [0.2, 0.25) is 0 Å². The summed E-state index contributed by atoms with van der Waals surface area (Å²) in [6.07, 6.45) is 4.32. The van der Waals surface area contributed by atoms with Crippen molar-refractivity contribution in [2.75, 3.05) is 25.5 Å². The van der Waals surface area contributed by atoms with E-state index in [1.165, 1.54) is 6.33 Å². The van der Waals surface area contributed by atoms with Gasteiger partial charge in [0, 0.05) is 48.3 Å². The second-order valence-electron chi connectivity index (χ2n) is 8.55. The largest absolute Gasteiger partial charge is 0.493 e. The maximum atomic E-state index is 11.5. The van der Waals surface area contributed by atoms with Crippen molar-refractivity contribution < 1.29 is 14.3 Å². The summed E-state index contributed by atoms with van der Waals surface area (Å²) < 4.78 is 11.5. The van der Waals surface area contributed by atoms with E-state index in [1.807, 2.05) is 77.7 Å². The van der Waals surface area contributed by atoms with Gasteiger partial charge in [-0.3, -0.25) is 4.79 Å². The number of nitrogens with zero attached hydrogens (tertiary/aromatic N) is 3. The van der Waals surface area contributed by atoms with E-state index in [0.29, 0.717) is 30.4 Å². The number of nitrogens with one attached hydrogen (secondary N) is 1. The average molecular weight is 491 g/mol. The Bertz CT molecular complexity index is 1540. The monoisotopic (exact) mass is 490 g/mol. The minimum Gasteiger partial charge on any atom is -0.493 e. The molecule has 2 heterocycles. The first-order chi connectivity index (χ1) is 18.1. The standard InChI is InChI=1S/C30H26N4O3/c1-21(35)34-16-14-22(15-17-34)8-9-23-10-12-27-26(18-23)30(32-20-31-27)33-24-11-13-28(29(19-24)36-2)37-25-6-4-3-5-7-25/h3-7,10-14,18-20H,15-17H2,1-2H3,(H,31,32,33). The number of aromatic nitrogens is 2. The number of fused-ring (bicyclic) bond motifs is 1. The first-order valence-electron chi connectivity index (χ1n) is 12.0. The van der Waals surface area contributed by atoms with Gasteiger partial charge in [-0.15, -0.1) is 0 Å². The Hall–Kier alpha value is -4.83. The zero-order chi connectivity index (χ0) is 25.6. The molecule has 0 atom stereocenters. The number of para-hydroxylation sites is 1. The Morgan fingerprint density at radius 2 is 1.86 bits per heavy atom. The quantitative estimate of drug-likeness (QED) is 0.362. The molecule has 3 aromatic carbocycles. The van der Waals surface area contributed by atoms with Crippen LogP contribution in [0.4, 0.5) is 11.5 Å². The van der Waals surface area contributed by atoms with Crippen molar-refractivity contribution in [3.05, 3.63) is 90.3 Å². The maximum Gasteiger partial charge on any atom is 0.219 e. The molecule has 37 heavy (non-hydrogen) atoms. The molecule has 7 nitrogen and oxygen atoms in total. The Kier molecular flexibility index (Phi) is 7.00. The highest BCUT2D eigenvalue weighted by Gasteiger charge is 2.13. The van der Waals surface area contributed by atoms with Crippen LogP contribution in [0.1, 0.15) is 18.9 Å². The third-order valence-electron chi connectivity index (χ3n) is 6.05. The highest BCUT2D eigenvalue weighted by molar-refractivity contribution is 5.91. The van der Waals surface area contributed by atoms with Crippen LogP contribution in [0.15, 0.2) is 84.7 Å². The Morgan fingerprint density at radius 1 is 1.00 bits per heavy atom. The number of carbonyl (C=O) groups is 1. The molecule has 4 aromatic rings. The summed E-state index contributed by atoms with van der Waals surface area (Å²) in [6.45, 7) is 2.90. The van der Waals surface area contributed by atoms with E-state index in [-0.39, 0.29) is 5.91 Å². The Labute approximate surface area is 215 Å². The Balaban J connectivity index is 1.38. The van der Waals surface area contributed by atoms with Crippen molar-refractivity contribution in [3.8, 4) is 29.1 Å². The van der Waals surface area contributed by atoms with Gasteiger partial charge in [-0.25, -0.2) is 9.97 Å². The molecule has 1 aliphatic rings. The molecule has 1 aromatic heterocycles. The summed E-state index contributed by atoms with van der Waals surface area (Å²) in [4.78, 5) is 22.2. The second kappa shape index (κ2) is 10.8. The number of ether oxygens (including phenoxy) is 2. The van der Waals surface area contributed by atoms with Crippen LogP contribution in [0.3, 0.4) is 0 Å². The lowest BCUT2D eigenvalue weighted by molar-refractivity contribution is -0.128. The predicted molar refractivity (Wildman–Crippen MR) is 144 cm³/mol. The van der Waals surface area contributed by atoms with Crippen LogP contribution in [-0.2, 0) is 4.79 Å². The first kappa shape index (κ1) is 23.9. The van der Waals surface area contributed by atoms with Crippen LogP contribution in [-0.4, -0.2) is 41.0 Å². The van der Waals surface area contributed by atoms with E-state index >= 15 is 0 Å². The third kappa shape index (κ3) is 5.71. The molecule has 0 saturated heterocycles. The van der Waals surface area contributed by atoms with Gasteiger partial charge in [-0.1, -0.05) is 36.1 Å². The Morgan fingerprint density at radius 3 is 2.62 bits per heavy atom. The topological polar surface area (TPSA) is 76.6 Å². The van der Waals surface area contributed by atoms with Crippen molar-refractivity contribution in [2.45, 2.75) is 13.3 Å². The first-order valence-corrected chi connectivity index (χ1v) is 12.0. The number of amides is 1. The number of rotatable bonds is 5. The number of benzene rings is 3. The minimum atomic E-state index is 0.0915. The number of hydrogen-bond acceptors (Lipinski definition) is 6. The van der Waals surface area contributed by atoms with Gasteiger partial charge in [0.15, 0.2) is 11.5 Å². The summed E-state index contributed by atoms with van der Waals surface area (Å²) in [5, 5.41) is 4.24. The summed E-state index contributed by atoms with van der Waals surface area (Å²) in [7, 11) is 1.61. The van der Waals surface area contributed by atoms with Gasteiger partial charge >= 0.3 is 0 Å². The molecule has 1 N–H and O–H groups in total. The zero-order valence-electron chi connectivity index (χ0n) is 20.7. The summed E-state index contributed by atoms with van der Waals surface area (Å²) in [5.41, 5.74) is 3.53. The predicted octanol–water partition coefficient (Wildman–Crippen LogP) is 5.70. The van der Waals surface area contributed by atoms with E-state index in [1.54, 1.807) is 14.0 Å². The molecule has 0 bridgehead atoms. The van der Waals surface area contributed by atoms with E-state index in [9.17, 15) is 4.79 Å². The van der Waals surface area contributed by atoms with Gasteiger partial charge in [0.2, 0.25) is 5.91 Å². The van der Waals surface area contributed by atoms with E-state index in [2.05, 4.69) is 27.1 Å². The van der Waals surface area contributed by atoms with Gasteiger partial charge < -0.3 is 19.7 Å². The molecule has 0 fully saturated rings. The fourth-order valence-corrected chi connectivity index (χ4v) is 4.04. The van der Waals surface area contributed by atoms with E-state index in [4.69, 9.17) is 9.47 Å². The number of hydrogen-bond donors (Lipinski definition) is 1. The van der Waals surface area contributed by atoms with Crippen molar-refractivity contribution in [2.24, 2.45) is 0 Å². The van der Waals surface area contributed by atoms with Gasteiger partial charge in [0.05, 0.1) is 12.6 Å². The van der Waals surface area contributed by atoms with Crippen LogP contribution < -0.4 is 14.8 Å². The lowest BCUT2D eigenvalue weighted by Gasteiger charge is -2.23. The summed E-state index contributed by atoms with van der Waals surface area (Å²) in [5.74, 6) is 9.21. The fourth-order valence-electron chi connectivity index (χ4n) is 4.04. The van der Waals surface area contributed by atoms with E-state index in [0.717, 1.165) is 39.9 Å². The van der Waals surface area contributed by atoms with Crippen molar-refractivity contribution in [1.29, 1.82) is 0 Å². The number of anilines is 2. The minimum absolute atomic E-state index is 0.0915. The lowest BCUT2D eigenvalue weighted by atomic mass is 10.1. The second-order valence-corrected chi connectivity index (χ2v) is 8.55. The third-order valence-corrected chi connectivity index (χ3v) is 6.05. The molecular formula is C30H26N4O3. The van der Waals surface area contributed by atoms with Crippen molar-refractivity contribution in [3.63, 3.8) is 0 Å². The molecular weight excluding hydrogens is 464 g/mol. The smallest absolute Gasteiger partial charge is 0.219 e. The number of carbonyl (C=O) groups excluding carboxylic acids is 1. The molecule has 0 radical (unpaired) electrons. The average Bonchev–Trinajstić information content (AvgIpc) is 2.93. The molecule has 0 aliphatic carbocycles. The summed E-state index contributed by atoms with van der Waals surface area (Å²) in [6, 6.07) is 21.1. The van der Waals surface area contributed by atoms with Gasteiger partial charge in [-0.2, -0.15) is 0 Å². The SMILES string of the molecule is COc1cc(Nc2ncnc3ccc(C#CC4=CCN(C(C)=O)CC4)cc23)ccc1Oc1ccccc1. The fraction of sp³-hybridized carbons (Fsp3) is 0.167. The van der Waals surface area contributed by atoms with Gasteiger partial charge in [0.1, 0.15) is 17.9 Å². The van der Waals surface area contributed by atoms with Gasteiger partial charge in [-0.05, 0) is 48.9 Å². The molecule has 0 unspecified atom stereocenters. The molecule has 1 amide bonds. The van der Waals surface area contributed by atoms with Gasteiger partial charge in [0.25, 0.3) is 0 Å². The maximum absolute atomic E-state index is 11.5. The zero-order valence-corrected chi connectivity index (χ0v) is 20.7. The molecule has 0 saturated carbocycles. The lowest BCUT2D eigenvalue weighted by Crippen LogP contribution is -2.32. The van der Waals surface area contributed by atoms with Crippen LogP contribution in [0.5, 0.6) is 17.2 Å². The summed E-state index contributed by atoms with van der Waals surface area (Å²) >= 11 is 0. The molecule has 5 rings (SSSR count). The van der Waals surface area contributed by atoms with E-state index < -0.39 is 0 Å². The van der Waals surface area contributed by atoms with Crippen molar-refractivity contribution in [1.82, 2.24) is 14.9 Å². The molecule has 1 aliphatic heterocycles. The van der Waals surface area contributed by atoms with Crippen LogP contribution in [0, 0.1) is 11.8 Å².